The van der Waals surface area contributed by atoms with Gasteiger partial charge in [-0.25, -0.2) is 0 Å². The molecule has 2 fully saturated rings. The quantitative estimate of drug-likeness (QED) is 0.596. The summed E-state index contributed by atoms with van der Waals surface area (Å²) in [4.78, 5) is 30.3. The largest absolute Gasteiger partial charge is 0.495 e. The fourth-order valence-corrected chi connectivity index (χ4v) is 5.24. The van der Waals surface area contributed by atoms with Crippen molar-refractivity contribution in [3.8, 4) is 5.75 Å². The third-order valence-corrected chi connectivity index (χ3v) is 7.06. The number of halogens is 1. The smallest absolute Gasteiger partial charge is 0.257 e. The number of nitrogens with zero attached hydrogens (tertiary/aromatic N) is 2. The fourth-order valence-electron chi connectivity index (χ4n) is 4.78. The Morgan fingerprint density at radius 2 is 1.21 bits per heavy atom. The van der Waals surface area contributed by atoms with Crippen LogP contribution >= 0.6 is 15.9 Å². The average Bonchev–Trinajstić information content (AvgIpc) is 2.77. The molecule has 5 nitrogen and oxygen atoms in total. The van der Waals surface area contributed by atoms with Gasteiger partial charge >= 0.3 is 0 Å². The molecule has 2 amide bonds. The van der Waals surface area contributed by atoms with Crippen molar-refractivity contribution in [1.29, 1.82) is 0 Å². The van der Waals surface area contributed by atoms with Gasteiger partial charge in [0, 0.05) is 30.7 Å². The molecule has 1 aromatic rings. The third kappa shape index (κ3) is 4.96. The number of methoxy groups -OCH3 is 1. The molecule has 0 N–H and O–H groups in total. The summed E-state index contributed by atoms with van der Waals surface area (Å²) < 4.78 is 6.35. The van der Waals surface area contributed by atoms with Gasteiger partial charge in [-0.05, 0) is 37.8 Å². The Balaban J connectivity index is 1.89. The van der Waals surface area contributed by atoms with Crippen molar-refractivity contribution in [2.24, 2.45) is 0 Å². The van der Waals surface area contributed by atoms with Crippen LogP contribution < -0.4 is 4.74 Å². The molecular weight excluding hydrogens is 432 g/mol. The summed E-state index contributed by atoms with van der Waals surface area (Å²) in [6.07, 6.45) is 11.3. The van der Waals surface area contributed by atoms with Crippen LogP contribution in [0.5, 0.6) is 5.75 Å². The first-order chi connectivity index (χ1) is 13.9. The summed E-state index contributed by atoms with van der Waals surface area (Å²) in [5.74, 6) is 0.224. The number of carbonyl (C=O) groups excluding carboxylic acids is 2. The lowest BCUT2D eigenvalue weighted by Crippen LogP contribution is -2.39. The summed E-state index contributed by atoms with van der Waals surface area (Å²) in [6, 6.07) is 4.06. The van der Waals surface area contributed by atoms with Crippen molar-refractivity contribution in [3.05, 3.63) is 27.7 Å². The molecule has 2 aliphatic rings. The van der Waals surface area contributed by atoms with E-state index in [1.807, 2.05) is 23.9 Å². The average molecular weight is 465 g/mol. The minimum absolute atomic E-state index is 0.0792. The van der Waals surface area contributed by atoms with Gasteiger partial charge in [0.05, 0.1) is 18.2 Å². The molecule has 0 unspecified atom stereocenters. The van der Waals surface area contributed by atoms with Crippen LogP contribution in [0.3, 0.4) is 0 Å². The maximum absolute atomic E-state index is 13.3. The molecule has 0 saturated heterocycles. The second-order valence-corrected chi connectivity index (χ2v) is 9.37. The molecule has 0 atom stereocenters. The van der Waals surface area contributed by atoms with Crippen LogP contribution in [0.4, 0.5) is 0 Å². The van der Waals surface area contributed by atoms with Crippen LogP contribution in [-0.4, -0.2) is 54.9 Å². The van der Waals surface area contributed by atoms with E-state index in [1.165, 1.54) is 20.0 Å². The van der Waals surface area contributed by atoms with E-state index in [4.69, 9.17) is 4.74 Å². The molecule has 0 aromatic heterocycles. The van der Waals surface area contributed by atoms with E-state index in [0.29, 0.717) is 16.9 Å². The predicted molar refractivity (Wildman–Crippen MR) is 119 cm³/mol. The maximum Gasteiger partial charge on any atom is 0.257 e. The number of carbonyl (C=O) groups is 2. The molecule has 0 spiro atoms. The van der Waals surface area contributed by atoms with Crippen molar-refractivity contribution < 1.29 is 14.3 Å². The molecule has 0 radical (unpaired) electrons. The summed E-state index contributed by atoms with van der Waals surface area (Å²) >= 11 is 3.51. The summed E-state index contributed by atoms with van der Waals surface area (Å²) in [7, 11) is 5.28. The van der Waals surface area contributed by atoms with E-state index < -0.39 is 0 Å². The Bertz CT molecular complexity index is 683. The highest BCUT2D eigenvalue weighted by Crippen LogP contribution is 2.33. The lowest BCUT2D eigenvalue weighted by atomic mass is 9.93. The highest BCUT2D eigenvalue weighted by molar-refractivity contribution is 9.10. The van der Waals surface area contributed by atoms with Crippen LogP contribution in [0.15, 0.2) is 16.6 Å². The first-order valence-corrected chi connectivity index (χ1v) is 11.6. The molecule has 0 bridgehead atoms. The van der Waals surface area contributed by atoms with E-state index >= 15 is 0 Å². The van der Waals surface area contributed by atoms with E-state index in [-0.39, 0.29) is 23.9 Å². The Morgan fingerprint density at radius 1 is 0.828 bits per heavy atom. The van der Waals surface area contributed by atoms with E-state index in [1.54, 1.807) is 12.1 Å². The maximum atomic E-state index is 13.3. The van der Waals surface area contributed by atoms with Crippen LogP contribution in [0.2, 0.25) is 0 Å². The molecule has 29 heavy (non-hydrogen) atoms. The normalized spacial score (nSPS) is 18.3. The molecule has 2 saturated carbocycles. The number of benzene rings is 1. The van der Waals surface area contributed by atoms with Gasteiger partial charge in [0.2, 0.25) is 0 Å². The van der Waals surface area contributed by atoms with Crippen molar-refractivity contribution in [2.75, 3.05) is 21.2 Å². The van der Waals surface area contributed by atoms with Crippen LogP contribution in [0.25, 0.3) is 0 Å². The molecular formula is C23H33BrN2O3. The molecule has 6 heteroatoms. The minimum Gasteiger partial charge on any atom is -0.495 e. The second kappa shape index (κ2) is 9.96. The Kier molecular flexibility index (Phi) is 7.60. The van der Waals surface area contributed by atoms with Gasteiger partial charge in [0.15, 0.2) is 0 Å². The fraction of sp³-hybridized carbons (Fsp3) is 0.652. The molecule has 1 aromatic carbocycles. The zero-order valence-electron chi connectivity index (χ0n) is 17.9. The highest BCUT2D eigenvalue weighted by Gasteiger charge is 2.30. The summed E-state index contributed by atoms with van der Waals surface area (Å²) in [6.45, 7) is 0. The third-order valence-electron chi connectivity index (χ3n) is 6.60. The number of rotatable bonds is 5. The Labute approximate surface area is 182 Å². The van der Waals surface area contributed by atoms with E-state index in [9.17, 15) is 9.59 Å². The minimum atomic E-state index is -0.0792. The van der Waals surface area contributed by atoms with Crippen LogP contribution in [-0.2, 0) is 0 Å². The van der Waals surface area contributed by atoms with Crippen LogP contribution in [0, 0.1) is 0 Å². The first kappa shape index (κ1) is 22.1. The zero-order chi connectivity index (χ0) is 21.0. The number of amides is 2. The lowest BCUT2D eigenvalue weighted by Gasteiger charge is -2.33. The Hall–Kier alpha value is -1.56. The van der Waals surface area contributed by atoms with Crippen molar-refractivity contribution in [1.82, 2.24) is 9.80 Å². The van der Waals surface area contributed by atoms with Gasteiger partial charge in [0.1, 0.15) is 5.75 Å². The molecule has 160 valence electrons. The van der Waals surface area contributed by atoms with Gasteiger partial charge in [-0.2, -0.15) is 0 Å². The monoisotopic (exact) mass is 464 g/mol. The first-order valence-electron chi connectivity index (χ1n) is 10.9. The lowest BCUT2D eigenvalue weighted by molar-refractivity contribution is 0.0687. The summed E-state index contributed by atoms with van der Waals surface area (Å²) in [5, 5.41) is 0. The van der Waals surface area contributed by atoms with Crippen molar-refractivity contribution in [2.45, 2.75) is 76.3 Å². The molecule has 2 aliphatic carbocycles. The number of hydrogen-bond donors (Lipinski definition) is 0. The zero-order valence-corrected chi connectivity index (χ0v) is 19.5. The standard InChI is InChI=1S/C23H33BrN2O3/c1-25(17-10-6-4-7-11-17)22(27)19-14-16(24)15-20(21(19)29-3)23(28)26(2)18-12-8-5-9-13-18/h14-15,17-18H,4-13H2,1-3H3. The van der Waals surface area contributed by atoms with Gasteiger partial charge in [-0.3, -0.25) is 9.59 Å². The number of hydrogen-bond acceptors (Lipinski definition) is 3. The molecule has 0 heterocycles. The predicted octanol–water partition coefficient (Wildman–Crippen LogP) is 5.27. The SMILES string of the molecule is COc1c(C(=O)N(C)C2CCCCC2)cc(Br)cc1C(=O)N(C)C1CCCCC1. The van der Waals surface area contributed by atoms with Crippen LogP contribution in [0.1, 0.15) is 84.9 Å². The van der Waals surface area contributed by atoms with Gasteiger partial charge < -0.3 is 14.5 Å². The van der Waals surface area contributed by atoms with Gasteiger partial charge in [-0.15, -0.1) is 0 Å². The topological polar surface area (TPSA) is 49.9 Å². The highest BCUT2D eigenvalue weighted by atomic mass is 79.9. The molecule has 0 aliphatic heterocycles. The van der Waals surface area contributed by atoms with Gasteiger partial charge in [-0.1, -0.05) is 54.5 Å². The van der Waals surface area contributed by atoms with Gasteiger partial charge in [0.25, 0.3) is 11.8 Å². The van der Waals surface area contributed by atoms with E-state index in [0.717, 1.165) is 55.8 Å². The second-order valence-electron chi connectivity index (χ2n) is 8.45. The van der Waals surface area contributed by atoms with Crippen molar-refractivity contribution >= 4 is 27.7 Å². The van der Waals surface area contributed by atoms with Crippen molar-refractivity contribution in [3.63, 3.8) is 0 Å². The summed E-state index contributed by atoms with van der Waals surface area (Å²) in [5.41, 5.74) is 0.908. The molecule has 3 rings (SSSR count). The van der Waals surface area contributed by atoms with E-state index in [2.05, 4.69) is 15.9 Å². The Morgan fingerprint density at radius 3 is 1.55 bits per heavy atom. The number of ether oxygens (including phenoxy) is 1.